The molecule has 0 radical (unpaired) electrons. The van der Waals surface area contributed by atoms with Gasteiger partial charge in [0.2, 0.25) is 6.79 Å². The summed E-state index contributed by atoms with van der Waals surface area (Å²) in [6.45, 7) is 3.43. The summed E-state index contributed by atoms with van der Waals surface area (Å²) < 4.78 is 10.8. The molecule has 1 aliphatic heterocycles. The van der Waals surface area contributed by atoms with Crippen LogP contribution in [0.4, 0.5) is 0 Å². The predicted molar refractivity (Wildman–Crippen MR) is 96.9 cm³/mol. The zero-order valence-electron chi connectivity index (χ0n) is 14.1. The normalized spacial score (nSPS) is 12.4. The van der Waals surface area contributed by atoms with Crippen molar-refractivity contribution in [1.29, 1.82) is 0 Å². The van der Waals surface area contributed by atoms with E-state index >= 15 is 0 Å². The van der Waals surface area contributed by atoms with Crippen LogP contribution in [0.5, 0.6) is 11.5 Å². The van der Waals surface area contributed by atoms with Crippen molar-refractivity contribution in [3.63, 3.8) is 0 Å². The van der Waals surface area contributed by atoms with E-state index in [1.165, 1.54) is 0 Å². The van der Waals surface area contributed by atoms with E-state index in [-0.39, 0.29) is 12.7 Å². The van der Waals surface area contributed by atoms with Crippen molar-refractivity contribution in [2.24, 2.45) is 0 Å². The highest BCUT2D eigenvalue weighted by atomic mass is 16.7. The Morgan fingerprint density at radius 1 is 0.960 bits per heavy atom. The molecule has 0 aliphatic carbocycles. The highest BCUT2D eigenvalue weighted by Gasteiger charge is 2.18. The molecule has 4 rings (SSSR count). The van der Waals surface area contributed by atoms with Gasteiger partial charge in [0.25, 0.3) is 5.91 Å². The van der Waals surface area contributed by atoms with Crippen LogP contribution in [0.25, 0.3) is 10.8 Å². The lowest BCUT2D eigenvalue weighted by atomic mass is 10.1. The van der Waals surface area contributed by atoms with Crippen LogP contribution in [0.2, 0.25) is 0 Å². The quantitative estimate of drug-likeness (QED) is 0.717. The van der Waals surface area contributed by atoms with Crippen molar-refractivity contribution in [2.75, 3.05) is 13.3 Å². The molecule has 1 amide bonds. The molecule has 126 valence electrons. The van der Waals surface area contributed by atoms with Gasteiger partial charge in [0.1, 0.15) is 0 Å². The number of carbonyl (C=O) groups is 1. The van der Waals surface area contributed by atoms with E-state index in [4.69, 9.17) is 9.47 Å². The van der Waals surface area contributed by atoms with Crippen molar-refractivity contribution >= 4 is 16.7 Å². The molecule has 0 atom stereocenters. The van der Waals surface area contributed by atoms with Gasteiger partial charge in [-0.05, 0) is 47.5 Å². The maximum absolute atomic E-state index is 12.9. The van der Waals surface area contributed by atoms with Crippen LogP contribution >= 0.6 is 0 Å². The van der Waals surface area contributed by atoms with Crippen molar-refractivity contribution in [2.45, 2.75) is 13.5 Å². The molecular weight excluding hydrogens is 314 g/mol. The second-order valence-corrected chi connectivity index (χ2v) is 6.07. The fraction of sp³-hybridized carbons (Fsp3) is 0.190. The molecule has 1 heterocycles. The number of benzene rings is 3. The van der Waals surface area contributed by atoms with Gasteiger partial charge >= 0.3 is 0 Å². The van der Waals surface area contributed by atoms with Crippen LogP contribution in [-0.2, 0) is 6.54 Å². The second kappa shape index (κ2) is 6.48. The fourth-order valence-electron chi connectivity index (χ4n) is 3.09. The van der Waals surface area contributed by atoms with Crippen molar-refractivity contribution in [3.05, 3.63) is 71.8 Å². The van der Waals surface area contributed by atoms with Crippen molar-refractivity contribution in [3.8, 4) is 11.5 Å². The van der Waals surface area contributed by atoms with Crippen molar-refractivity contribution < 1.29 is 14.3 Å². The van der Waals surface area contributed by atoms with Crippen LogP contribution in [-0.4, -0.2) is 24.1 Å². The van der Waals surface area contributed by atoms with Gasteiger partial charge in [0, 0.05) is 18.7 Å². The Balaban J connectivity index is 1.57. The molecule has 3 aromatic rings. The maximum atomic E-state index is 12.9. The first kappa shape index (κ1) is 15.5. The number of rotatable bonds is 4. The Morgan fingerprint density at radius 2 is 1.76 bits per heavy atom. The van der Waals surface area contributed by atoms with Crippen molar-refractivity contribution in [1.82, 2.24) is 4.90 Å². The molecule has 25 heavy (non-hydrogen) atoms. The molecule has 0 aromatic heterocycles. The third-order valence-electron chi connectivity index (χ3n) is 4.48. The Bertz CT molecular complexity index is 935. The molecule has 0 N–H and O–H groups in total. The third kappa shape index (κ3) is 3.03. The molecule has 0 fully saturated rings. The number of hydrogen-bond donors (Lipinski definition) is 0. The minimum absolute atomic E-state index is 0.0333. The summed E-state index contributed by atoms with van der Waals surface area (Å²) in [5.74, 6) is 1.53. The van der Waals surface area contributed by atoms with E-state index in [1.54, 1.807) is 0 Å². The summed E-state index contributed by atoms with van der Waals surface area (Å²) in [5.41, 5.74) is 1.74. The molecule has 1 aliphatic rings. The number of ether oxygens (including phenoxy) is 2. The average Bonchev–Trinajstić information content (AvgIpc) is 3.13. The van der Waals surface area contributed by atoms with Gasteiger partial charge in [0.15, 0.2) is 11.5 Å². The zero-order valence-corrected chi connectivity index (χ0v) is 14.1. The standard InChI is InChI=1S/C21H19NO3/c1-2-22(13-15-7-10-19-20(11-15)25-14-24-19)21(23)18-9-8-16-5-3-4-6-17(16)12-18/h3-12H,2,13-14H2,1H3. The summed E-state index contributed by atoms with van der Waals surface area (Å²) in [7, 11) is 0. The molecule has 0 saturated carbocycles. The predicted octanol–water partition coefficient (Wildman–Crippen LogP) is 4.23. The molecule has 3 aromatic carbocycles. The van der Waals surface area contributed by atoms with Crippen LogP contribution in [0.3, 0.4) is 0 Å². The van der Waals surface area contributed by atoms with Crippen LogP contribution in [0.1, 0.15) is 22.8 Å². The molecule has 0 unspecified atom stereocenters. The first-order valence-electron chi connectivity index (χ1n) is 8.41. The smallest absolute Gasteiger partial charge is 0.254 e. The SMILES string of the molecule is CCN(Cc1ccc2c(c1)OCO2)C(=O)c1ccc2ccccc2c1. The number of amides is 1. The van der Waals surface area contributed by atoms with Gasteiger partial charge in [-0.2, -0.15) is 0 Å². The zero-order chi connectivity index (χ0) is 17.2. The molecular formula is C21H19NO3. The van der Waals surface area contributed by atoms with Gasteiger partial charge in [-0.25, -0.2) is 0 Å². The van der Waals surface area contributed by atoms with Gasteiger partial charge in [0.05, 0.1) is 0 Å². The topological polar surface area (TPSA) is 38.8 Å². The van der Waals surface area contributed by atoms with E-state index in [0.717, 1.165) is 27.8 Å². The maximum Gasteiger partial charge on any atom is 0.254 e. The number of carbonyl (C=O) groups excluding carboxylic acids is 1. The van der Waals surface area contributed by atoms with Gasteiger partial charge in [-0.15, -0.1) is 0 Å². The molecule has 4 nitrogen and oxygen atoms in total. The summed E-state index contributed by atoms with van der Waals surface area (Å²) in [6.07, 6.45) is 0. The molecule has 0 saturated heterocycles. The lowest BCUT2D eigenvalue weighted by molar-refractivity contribution is 0.0752. The van der Waals surface area contributed by atoms with E-state index in [1.807, 2.05) is 72.5 Å². The number of fused-ring (bicyclic) bond motifs is 2. The van der Waals surface area contributed by atoms with Crippen LogP contribution in [0, 0.1) is 0 Å². The highest BCUT2D eigenvalue weighted by molar-refractivity contribution is 5.98. The Labute approximate surface area is 146 Å². The largest absolute Gasteiger partial charge is 0.454 e. The lowest BCUT2D eigenvalue weighted by Gasteiger charge is -2.21. The number of nitrogens with zero attached hydrogens (tertiary/aromatic N) is 1. The summed E-state index contributed by atoms with van der Waals surface area (Å²) in [4.78, 5) is 14.8. The van der Waals surface area contributed by atoms with Gasteiger partial charge in [-0.1, -0.05) is 36.4 Å². The Kier molecular flexibility index (Phi) is 4.02. The summed E-state index contributed by atoms with van der Waals surface area (Å²) in [6, 6.07) is 19.7. The van der Waals surface area contributed by atoms with E-state index in [9.17, 15) is 4.79 Å². The van der Waals surface area contributed by atoms with E-state index < -0.39 is 0 Å². The monoisotopic (exact) mass is 333 g/mol. The lowest BCUT2D eigenvalue weighted by Crippen LogP contribution is -2.30. The van der Waals surface area contributed by atoms with E-state index in [2.05, 4.69) is 0 Å². The Morgan fingerprint density at radius 3 is 2.60 bits per heavy atom. The minimum Gasteiger partial charge on any atom is -0.454 e. The molecule has 4 heteroatoms. The molecule has 0 bridgehead atoms. The van der Waals surface area contributed by atoms with Crippen LogP contribution in [0.15, 0.2) is 60.7 Å². The van der Waals surface area contributed by atoms with Gasteiger partial charge in [-0.3, -0.25) is 4.79 Å². The average molecular weight is 333 g/mol. The fourth-order valence-corrected chi connectivity index (χ4v) is 3.09. The number of hydrogen-bond acceptors (Lipinski definition) is 3. The first-order chi connectivity index (χ1) is 12.2. The third-order valence-corrected chi connectivity index (χ3v) is 4.48. The molecule has 0 spiro atoms. The second-order valence-electron chi connectivity index (χ2n) is 6.07. The van der Waals surface area contributed by atoms with Gasteiger partial charge < -0.3 is 14.4 Å². The van der Waals surface area contributed by atoms with Crippen LogP contribution < -0.4 is 9.47 Å². The summed E-state index contributed by atoms with van der Waals surface area (Å²) in [5, 5.41) is 2.21. The first-order valence-corrected chi connectivity index (χ1v) is 8.41. The minimum atomic E-state index is 0.0333. The summed E-state index contributed by atoms with van der Waals surface area (Å²) >= 11 is 0. The Hall–Kier alpha value is -3.01. The van der Waals surface area contributed by atoms with E-state index in [0.29, 0.717) is 18.7 Å². The highest BCUT2D eigenvalue weighted by Crippen LogP contribution is 2.33.